The normalized spacial score (nSPS) is 14.7. The minimum absolute atomic E-state index is 0.0276. The van der Waals surface area contributed by atoms with Gasteiger partial charge in [-0.25, -0.2) is 4.79 Å². The number of hydrogen-bond donors (Lipinski definition) is 1. The molecule has 0 bridgehead atoms. The van der Waals surface area contributed by atoms with E-state index in [1.54, 1.807) is 0 Å². The molecule has 0 aliphatic carbocycles. The van der Waals surface area contributed by atoms with Crippen molar-refractivity contribution >= 4 is 13.9 Å². The summed E-state index contributed by atoms with van der Waals surface area (Å²) in [5.41, 5.74) is 0. The molecule has 0 heterocycles. The van der Waals surface area contributed by atoms with Crippen LogP contribution >= 0.6 is 7.82 Å². The Labute approximate surface area is 195 Å². The highest BCUT2D eigenvalue weighted by Gasteiger charge is 2.18. The van der Waals surface area contributed by atoms with Gasteiger partial charge in [-0.2, -0.15) is 0 Å². The second kappa shape index (κ2) is 18.7. The summed E-state index contributed by atoms with van der Waals surface area (Å²) in [6.07, 6.45) is 11.1. The smallest absolute Gasteiger partial charge is 0.407 e. The molecule has 2 unspecified atom stereocenters. The topological polar surface area (TPSA) is 106 Å². The Bertz CT molecular complexity index is 515. The van der Waals surface area contributed by atoms with Crippen molar-refractivity contribution < 1.29 is 37.3 Å². The molecule has 0 saturated heterocycles. The molecule has 1 amide bonds. The molecule has 10 heteroatoms. The summed E-state index contributed by atoms with van der Waals surface area (Å²) >= 11 is 0. The molecule has 0 aromatic rings. The van der Waals surface area contributed by atoms with Gasteiger partial charge < -0.3 is 33.2 Å². The summed E-state index contributed by atoms with van der Waals surface area (Å²) in [6, 6.07) is 0. The predicted molar refractivity (Wildman–Crippen MR) is 124 cm³/mol. The van der Waals surface area contributed by atoms with Crippen molar-refractivity contribution in [2.75, 3.05) is 61.2 Å². The summed E-state index contributed by atoms with van der Waals surface area (Å²) in [7, 11) is 2.76. The lowest BCUT2D eigenvalue weighted by molar-refractivity contribution is -0.870. The average molecular weight is 483 g/mol. The van der Waals surface area contributed by atoms with Crippen LogP contribution in [0.15, 0.2) is 0 Å². The van der Waals surface area contributed by atoms with E-state index in [-0.39, 0.29) is 19.8 Å². The van der Waals surface area contributed by atoms with Crippen molar-refractivity contribution in [3.63, 3.8) is 0 Å². The number of hydrogen-bond acceptors (Lipinski definition) is 7. The highest BCUT2D eigenvalue weighted by Crippen LogP contribution is 2.38. The van der Waals surface area contributed by atoms with Crippen LogP contribution in [0, 0.1) is 0 Å². The molecule has 0 aromatic heterocycles. The minimum Gasteiger partial charge on any atom is -0.756 e. The molecule has 0 radical (unpaired) electrons. The summed E-state index contributed by atoms with van der Waals surface area (Å²) in [6.45, 7) is 2.93. The van der Waals surface area contributed by atoms with Gasteiger partial charge in [-0.05, 0) is 6.42 Å². The van der Waals surface area contributed by atoms with Gasteiger partial charge in [0.2, 0.25) is 0 Å². The fourth-order valence-electron chi connectivity index (χ4n) is 2.84. The maximum absolute atomic E-state index is 11.8. The Morgan fingerprint density at radius 3 is 2.03 bits per heavy atom. The molecule has 9 nitrogen and oxygen atoms in total. The average Bonchev–Trinajstić information content (AvgIpc) is 2.71. The van der Waals surface area contributed by atoms with E-state index in [0.717, 1.165) is 12.8 Å². The molecule has 1 N–H and O–H groups in total. The first-order valence-electron chi connectivity index (χ1n) is 11.9. The van der Waals surface area contributed by atoms with Crippen molar-refractivity contribution in [1.29, 1.82) is 0 Å². The number of quaternary nitrogens is 1. The van der Waals surface area contributed by atoms with E-state index in [4.69, 9.17) is 18.5 Å². The standard InChI is InChI=1S/C22H47N2O7P/c1-6-7-8-9-10-11-12-13-14-15-16-23-22(25)29-19-21(28-5)20-31-32(26,27)30-18-17-24(2,3)4/h21H,6-20H2,1-5H3,(H-,23,25,26,27). The van der Waals surface area contributed by atoms with E-state index in [0.29, 0.717) is 17.6 Å². The van der Waals surface area contributed by atoms with Crippen molar-refractivity contribution in [2.45, 2.75) is 77.2 Å². The van der Waals surface area contributed by atoms with Gasteiger partial charge in [0.25, 0.3) is 7.82 Å². The van der Waals surface area contributed by atoms with Gasteiger partial charge in [-0.15, -0.1) is 0 Å². The molecule has 0 saturated carbocycles. The van der Waals surface area contributed by atoms with E-state index >= 15 is 0 Å². The number of carbonyl (C=O) groups excluding carboxylic acids is 1. The van der Waals surface area contributed by atoms with Crippen molar-refractivity contribution in [2.24, 2.45) is 0 Å². The van der Waals surface area contributed by atoms with E-state index in [1.807, 2.05) is 21.1 Å². The van der Waals surface area contributed by atoms with Crippen LogP contribution in [-0.4, -0.2) is 77.8 Å². The second-order valence-corrected chi connectivity index (χ2v) is 10.6. The largest absolute Gasteiger partial charge is 0.756 e. The van der Waals surface area contributed by atoms with E-state index in [2.05, 4.69) is 12.2 Å². The third-order valence-electron chi connectivity index (χ3n) is 4.96. The van der Waals surface area contributed by atoms with Gasteiger partial charge in [0, 0.05) is 13.7 Å². The van der Waals surface area contributed by atoms with Gasteiger partial charge >= 0.3 is 6.09 Å². The zero-order valence-electron chi connectivity index (χ0n) is 20.9. The number of ether oxygens (including phenoxy) is 2. The predicted octanol–water partition coefficient (Wildman–Crippen LogP) is 3.86. The lowest BCUT2D eigenvalue weighted by atomic mass is 10.1. The number of likely N-dealkylation sites (N-methyl/N-ethyl adjacent to an activating group) is 1. The number of phosphoric acid groups is 1. The SMILES string of the molecule is CCCCCCCCCCCCNC(=O)OCC(COP(=O)([O-])OCC[N+](C)(C)C)OC. The van der Waals surface area contributed by atoms with Crippen LogP contribution in [0.2, 0.25) is 0 Å². The van der Waals surface area contributed by atoms with Crippen molar-refractivity contribution in [3.8, 4) is 0 Å². The third kappa shape index (κ3) is 21.2. The molecule has 0 spiro atoms. The molecule has 0 aromatic carbocycles. The summed E-state index contributed by atoms with van der Waals surface area (Å²) in [5, 5.41) is 2.70. The second-order valence-electron chi connectivity index (χ2n) is 9.16. The number of unbranched alkanes of at least 4 members (excludes halogenated alkanes) is 9. The van der Waals surface area contributed by atoms with Gasteiger partial charge in [-0.3, -0.25) is 4.57 Å². The molecule has 0 aliphatic heterocycles. The third-order valence-corrected chi connectivity index (χ3v) is 5.93. The first-order chi connectivity index (χ1) is 15.1. The Balaban J connectivity index is 3.77. The maximum atomic E-state index is 11.8. The first kappa shape index (κ1) is 31.3. The van der Waals surface area contributed by atoms with Gasteiger partial charge in [-0.1, -0.05) is 64.7 Å². The molecule has 32 heavy (non-hydrogen) atoms. The zero-order valence-corrected chi connectivity index (χ0v) is 21.8. The van der Waals surface area contributed by atoms with Crippen LogP contribution in [0.3, 0.4) is 0 Å². The van der Waals surface area contributed by atoms with E-state index < -0.39 is 20.0 Å². The highest BCUT2D eigenvalue weighted by atomic mass is 31.2. The Hall–Kier alpha value is -0.700. The molecular formula is C22H47N2O7P. The van der Waals surface area contributed by atoms with Crippen LogP contribution in [0.5, 0.6) is 0 Å². The lowest BCUT2D eigenvalue weighted by Gasteiger charge is -2.28. The molecule has 192 valence electrons. The van der Waals surface area contributed by atoms with Gasteiger partial charge in [0.1, 0.15) is 25.9 Å². The number of rotatable bonds is 21. The monoisotopic (exact) mass is 482 g/mol. The highest BCUT2D eigenvalue weighted by molar-refractivity contribution is 7.45. The maximum Gasteiger partial charge on any atom is 0.407 e. The summed E-state index contributed by atoms with van der Waals surface area (Å²) in [5.74, 6) is 0. The van der Waals surface area contributed by atoms with Crippen LogP contribution in [-0.2, 0) is 23.1 Å². The minimum atomic E-state index is -4.43. The number of methoxy groups -OCH3 is 1. The quantitative estimate of drug-likeness (QED) is 0.150. The zero-order chi connectivity index (χ0) is 24.3. The molecular weight excluding hydrogens is 435 g/mol. The summed E-state index contributed by atoms with van der Waals surface area (Å²) in [4.78, 5) is 23.6. The first-order valence-corrected chi connectivity index (χ1v) is 13.4. The van der Waals surface area contributed by atoms with Gasteiger partial charge in [0.05, 0.1) is 27.7 Å². The van der Waals surface area contributed by atoms with Crippen LogP contribution in [0.4, 0.5) is 4.79 Å². The molecule has 2 atom stereocenters. The molecule has 0 rings (SSSR count). The number of nitrogens with zero attached hydrogens (tertiary/aromatic N) is 1. The van der Waals surface area contributed by atoms with E-state index in [1.165, 1.54) is 58.5 Å². The van der Waals surface area contributed by atoms with Crippen LogP contribution in [0.1, 0.15) is 71.1 Å². The number of alkyl carbamates (subject to hydrolysis) is 1. The fourth-order valence-corrected chi connectivity index (χ4v) is 3.57. The Morgan fingerprint density at radius 2 is 1.50 bits per heavy atom. The number of carbonyl (C=O) groups is 1. The van der Waals surface area contributed by atoms with Gasteiger partial charge in [0.15, 0.2) is 0 Å². The van der Waals surface area contributed by atoms with Crippen LogP contribution < -0.4 is 10.2 Å². The van der Waals surface area contributed by atoms with Crippen molar-refractivity contribution in [1.82, 2.24) is 5.32 Å². The number of nitrogens with one attached hydrogen (secondary N) is 1. The van der Waals surface area contributed by atoms with Crippen molar-refractivity contribution in [3.05, 3.63) is 0 Å². The lowest BCUT2D eigenvalue weighted by Crippen LogP contribution is -2.37. The number of phosphoric ester groups is 1. The van der Waals surface area contributed by atoms with Crippen LogP contribution in [0.25, 0.3) is 0 Å². The Morgan fingerprint density at radius 1 is 0.938 bits per heavy atom. The molecule has 0 aliphatic rings. The summed E-state index contributed by atoms with van der Waals surface area (Å²) < 4.78 is 32.3. The Kier molecular flexibility index (Phi) is 18.3. The van der Waals surface area contributed by atoms with E-state index in [9.17, 15) is 14.3 Å². The fraction of sp³-hybridized carbons (Fsp3) is 0.955. The number of amides is 1. The molecule has 0 fully saturated rings.